The average Bonchev–Trinajstić information content (AvgIpc) is 2.69. The van der Waals surface area contributed by atoms with Gasteiger partial charge in [-0.15, -0.1) is 0 Å². The lowest BCUT2D eigenvalue weighted by molar-refractivity contribution is -0.384. The van der Waals surface area contributed by atoms with E-state index in [1.165, 1.54) is 27.4 Å². The van der Waals surface area contributed by atoms with Crippen LogP contribution in [0.5, 0.6) is 17.2 Å². The van der Waals surface area contributed by atoms with Crippen molar-refractivity contribution in [1.29, 1.82) is 0 Å². The summed E-state index contributed by atoms with van der Waals surface area (Å²) >= 11 is 0. The van der Waals surface area contributed by atoms with Gasteiger partial charge in [-0.25, -0.2) is 0 Å². The molecule has 0 heterocycles. The molecule has 0 spiro atoms. The van der Waals surface area contributed by atoms with Crippen molar-refractivity contribution < 1.29 is 23.9 Å². The highest BCUT2D eigenvalue weighted by Gasteiger charge is 2.20. The Kier molecular flexibility index (Phi) is 6.81. The zero-order valence-electron chi connectivity index (χ0n) is 15.3. The second-order valence-corrected chi connectivity index (χ2v) is 5.34. The van der Waals surface area contributed by atoms with Gasteiger partial charge in [-0.3, -0.25) is 14.9 Å². The molecular weight excluding hydrogens is 354 g/mol. The second kappa shape index (κ2) is 9.27. The van der Waals surface area contributed by atoms with Crippen molar-refractivity contribution in [2.75, 3.05) is 39.7 Å². The molecule has 0 radical (unpaired) electrons. The van der Waals surface area contributed by atoms with Gasteiger partial charge in [-0.05, 0) is 18.2 Å². The van der Waals surface area contributed by atoms with Crippen LogP contribution < -0.4 is 24.8 Å². The Hall–Kier alpha value is -3.49. The predicted octanol–water partition coefficient (Wildman–Crippen LogP) is 2.46. The molecule has 144 valence electrons. The number of anilines is 1. The Labute approximate surface area is 156 Å². The Bertz CT molecular complexity index is 825. The molecule has 0 aliphatic rings. The minimum Gasteiger partial charge on any atom is -0.493 e. The maximum Gasteiger partial charge on any atom is 0.292 e. The lowest BCUT2D eigenvalue weighted by Gasteiger charge is -2.15. The SMILES string of the molecule is COc1ccc(C(=O)NCCNc2ccccc2[N+](=O)[O-])c(OC)c1OC. The average molecular weight is 375 g/mol. The Balaban J connectivity index is 2.02. The summed E-state index contributed by atoms with van der Waals surface area (Å²) in [6.45, 7) is 0.564. The van der Waals surface area contributed by atoms with Crippen molar-refractivity contribution in [2.24, 2.45) is 0 Å². The molecule has 0 atom stereocenters. The number of rotatable bonds is 9. The molecule has 2 N–H and O–H groups in total. The number of hydrogen-bond acceptors (Lipinski definition) is 7. The summed E-state index contributed by atoms with van der Waals surface area (Å²) in [7, 11) is 4.38. The number of ether oxygens (including phenoxy) is 3. The van der Waals surface area contributed by atoms with E-state index in [-0.39, 0.29) is 23.9 Å². The third kappa shape index (κ3) is 4.57. The minimum absolute atomic E-state index is 0.0228. The monoisotopic (exact) mass is 375 g/mol. The quantitative estimate of drug-likeness (QED) is 0.393. The van der Waals surface area contributed by atoms with E-state index in [0.717, 1.165) is 0 Å². The van der Waals surface area contributed by atoms with Gasteiger partial charge in [-0.1, -0.05) is 12.1 Å². The number of methoxy groups -OCH3 is 3. The molecule has 2 aromatic rings. The van der Waals surface area contributed by atoms with E-state index in [1.54, 1.807) is 30.3 Å². The zero-order valence-corrected chi connectivity index (χ0v) is 15.3. The first-order chi connectivity index (χ1) is 13.0. The number of nitro benzene ring substituents is 1. The number of hydrogen-bond donors (Lipinski definition) is 2. The molecule has 1 amide bonds. The van der Waals surface area contributed by atoms with Gasteiger partial charge >= 0.3 is 0 Å². The van der Waals surface area contributed by atoms with Crippen LogP contribution in [0.15, 0.2) is 36.4 Å². The summed E-state index contributed by atoms with van der Waals surface area (Å²) in [6, 6.07) is 9.50. The summed E-state index contributed by atoms with van der Waals surface area (Å²) < 4.78 is 15.7. The van der Waals surface area contributed by atoms with Crippen LogP contribution in [0.25, 0.3) is 0 Å². The van der Waals surface area contributed by atoms with Gasteiger partial charge < -0.3 is 24.8 Å². The number of nitro groups is 1. The first kappa shape index (κ1) is 19.8. The van der Waals surface area contributed by atoms with E-state index in [2.05, 4.69) is 10.6 Å². The van der Waals surface area contributed by atoms with E-state index in [9.17, 15) is 14.9 Å². The number of benzene rings is 2. The molecule has 2 rings (SSSR count). The molecule has 0 aromatic heterocycles. The van der Waals surface area contributed by atoms with Crippen molar-refractivity contribution in [3.8, 4) is 17.2 Å². The Morgan fingerprint density at radius 1 is 1.00 bits per heavy atom. The van der Waals surface area contributed by atoms with Gasteiger partial charge in [0.2, 0.25) is 5.75 Å². The van der Waals surface area contributed by atoms with Crippen molar-refractivity contribution >= 4 is 17.3 Å². The van der Waals surface area contributed by atoms with Gasteiger partial charge in [0.05, 0.1) is 31.8 Å². The van der Waals surface area contributed by atoms with Gasteiger partial charge in [0, 0.05) is 19.2 Å². The molecule has 0 aliphatic carbocycles. The maximum absolute atomic E-state index is 12.5. The highest BCUT2D eigenvalue weighted by atomic mass is 16.6. The van der Waals surface area contributed by atoms with Crippen LogP contribution in [-0.2, 0) is 0 Å². The largest absolute Gasteiger partial charge is 0.493 e. The summed E-state index contributed by atoms with van der Waals surface area (Å²) in [6.07, 6.45) is 0. The van der Waals surface area contributed by atoms with E-state index in [4.69, 9.17) is 14.2 Å². The van der Waals surface area contributed by atoms with Crippen LogP contribution in [0.4, 0.5) is 11.4 Å². The number of carbonyl (C=O) groups is 1. The Morgan fingerprint density at radius 2 is 1.70 bits per heavy atom. The maximum atomic E-state index is 12.5. The molecule has 0 bridgehead atoms. The number of carbonyl (C=O) groups excluding carboxylic acids is 1. The smallest absolute Gasteiger partial charge is 0.292 e. The summed E-state index contributed by atoms with van der Waals surface area (Å²) in [5.41, 5.74) is 0.659. The number of amides is 1. The van der Waals surface area contributed by atoms with Gasteiger partial charge in [0.1, 0.15) is 5.69 Å². The molecule has 9 nitrogen and oxygen atoms in total. The summed E-state index contributed by atoms with van der Waals surface area (Å²) in [5.74, 6) is 0.674. The fraction of sp³-hybridized carbons (Fsp3) is 0.278. The van der Waals surface area contributed by atoms with Crippen LogP contribution in [0.3, 0.4) is 0 Å². The lowest BCUT2D eigenvalue weighted by Crippen LogP contribution is -2.29. The highest BCUT2D eigenvalue weighted by molar-refractivity contribution is 5.98. The second-order valence-electron chi connectivity index (χ2n) is 5.34. The number of nitrogens with zero attached hydrogens (tertiary/aromatic N) is 1. The van der Waals surface area contributed by atoms with Crippen molar-refractivity contribution in [2.45, 2.75) is 0 Å². The topological polar surface area (TPSA) is 112 Å². The fourth-order valence-electron chi connectivity index (χ4n) is 2.53. The summed E-state index contributed by atoms with van der Waals surface area (Å²) in [4.78, 5) is 23.0. The molecule has 0 fully saturated rings. The summed E-state index contributed by atoms with van der Waals surface area (Å²) in [5, 5.41) is 16.7. The standard InChI is InChI=1S/C18H21N3O6/c1-25-15-9-8-12(16(26-2)17(15)27-3)18(22)20-11-10-19-13-6-4-5-7-14(13)21(23)24/h4-9,19H,10-11H2,1-3H3,(H,20,22). The predicted molar refractivity (Wildman–Crippen MR) is 100 cm³/mol. The minimum atomic E-state index is -0.463. The van der Waals surface area contributed by atoms with Gasteiger partial charge in [0.15, 0.2) is 11.5 Å². The third-order valence-corrected chi connectivity index (χ3v) is 3.78. The normalized spacial score (nSPS) is 10.0. The van der Waals surface area contributed by atoms with E-state index in [0.29, 0.717) is 29.3 Å². The molecule has 2 aromatic carbocycles. The van der Waals surface area contributed by atoms with Gasteiger partial charge in [0.25, 0.3) is 11.6 Å². The molecule has 0 unspecified atom stereocenters. The van der Waals surface area contributed by atoms with Crippen LogP contribution in [-0.4, -0.2) is 45.2 Å². The van der Waals surface area contributed by atoms with Crippen LogP contribution in [0.1, 0.15) is 10.4 Å². The van der Waals surface area contributed by atoms with Crippen LogP contribution in [0, 0.1) is 10.1 Å². The molecule has 9 heteroatoms. The molecule has 0 saturated carbocycles. The Morgan fingerprint density at radius 3 is 2.33 bits per heavy atom. The van der Waals surface area contributed by atoms with Crippen LogP contribution in [0.2, 0.25) is 0 Å². The van der Waals surface area contributed by atoms with E-state index >= 15 is 0 Å². The molecule has 27 heavy (non-hydrogen) atoms. The molecular formula is C18H21N3O6. The third-order valence-electron chi connectivity index (χ3n) is 3.78. The van der Waals surface area contributed by atoms with Crippen molar-refractivity contribution in [3.63, 3.8) is 0 Å². The first-order valence-corrected chi connectivity index (χ1v) is 8.08. The first-order valence-electron chi connectivity index (χ1n) is 8.08. The fourth-order valence-corrected chi connectivity index (χ4v) is 2.53. The zero-order chi connectivity index (χ0) is 19.8. The van der Waals surface area contributed by atoms with Gasteiger partial charge in [-0.2, -0.15) is 0 Å². The van der Waals surface area contributed by atoms with Crippen molar-refractivity contribution in [1.82, 2.24) is 5.32 Å². The number of para-hydroxylation sites is 2. The lowest BCUT2D eigenvalue weighted by atomic mass is 10.1. The molecule has 0 aliphatic heterocycles. The van der Waals surface area contributed by atoms with E-state index in [1.807, 2.05) is 0 Å². The van der Waals surface area contributed by atoms with E-state index < -0.39 is 4.92 Å². The highest BCUT2D eigenvalue weighted by Crippen LogP contribution is 2.39. The number of nitrogens with one attached hydrogen (secondary N) is 2. The van der Waals surface area contributed by atoms with Crippen LogP contribution >= 0.6 is 0 Å². The van der Waals surface area contributed by atoms with Crippen molar-refractivity contribution in [3.05, 3.63) is 52.1 Å². The molecule has 0 saturated heterocycles.